The van der Waals surface area contributed by atoms with Gasteiger partial charge in [-0.1, -0.05) is 22.0 Å². The zero-order valence-electron chi connectivity index (χ0n) is 10.6. The molecule has 2 aromatic heterocycles. The lowest BCUT2D eigenvalue weighted by molar-refractivity contribution is 1.18. The first-order chi connectivity index (χ1) is 9.78. The fourth-order valence-electron chi connectivity index (χ4n) is 2.11. The summed E-state index contributed by atoms with van der Waals surface area (Å²) in [5.74, 6) is 0.798. The van der Waals surface area contributed by atoms with Crippen molar-refractivity contribution >= 4 is 33.2 Å². The number of halogens is 1. The van der Waals surface area contributed by atoms with Crippen molar-refractivity contribution in [3.63, 3.8) is 0 Å². The number of aromatic nitrogens is 1. The molecule has 0 unspecified atom stereocenters. The highest BCUT2D eigenvalue weighted by molar-refractivity contribution is 9.10. The van der Waals surface area contributed by atoms with Gasteiger partial charge in [-0.3, -0.25) is 0 Å². The van der Waals surface area contributed by atoms with Crippen LogP contribution in [0.5, 0.6) is 0 Å². The molecule has 0 aliphatic carbocycles. The van der Waals surface area contributed by atoms with Gasteiger partial charge < -0.3 is 4.40 Å². The molecule has 98 valence electrons. The molecule has 0 bridgehead atoms. The zero-order chi connectivity index (χ0) is 13.9. The number of nitrogens with zero attached hydrogens (tertiary/aromatic N) is 2. The Balaban J connectivity index is 1.87. The van der Waals surface area contributed by atoms with Gasteiger partial charge in [0.1, 0.15) is 6.07 Å². The van der Waals surface area contributed by atoms with Crippen LogP contribution in [0.4, 0.5) is 0 Å². The van der Waals surface area contributed by atoms with Gasteiger partial charge in [-0.15, -0.1) is 11.8 Å². The SMILES string of the molecule is N#Cc1c(CSc2ccc(Br)cc2)cn2ccccc12. The second-order valence-electron chi connectivity index (χ2n) is 4.38. The molecule has 4 heteroatoms. The van der Waals surface area contributed by atoms with Gasteiger partial charge in [0.2, 0.25) is 0 Å². The first kappa shape index (κ1) is 13.3. The predicted molar refractivity (Wildman–Crippen MR) is 85.8 cm³/mol. The highest BCUT2D eigenvalue weighted by Crippen LogP contribution is 2.27. The summed E-state index contributed by atoms with van der Waals surface area (Å²) in [6.45, 7) is 0. The molecule has 0 aliphatic heterocycles. The molecule has 0 amide bonds. The summed E-state index contributed by atoms with van der Waals surface area (Å²) in [6, 6.07) is 16.5. The average Bonchev–Trinajstić information content (AvgIpc) is 2.84. The molecule has 20 heavy (non-hydrogen) atoms. The van der Waals surface area contributed by atoms with E-state index in [0.29, 0.717) is 0 Å². The fraction of sp³-hybridized carbons (Fsp3) is 0.0625. The van der Waals surface area contributed by atoms with E-state index in [1.54, 1.807) is 11.8 Å². The quantitative estimate of drug-likeness (QED) is 0.635. The molecule has 1 aromatic carbocycles. The molecule has 0 N–H and O–H groups in total. The summed E-state index contributed by atoms with van der Waals surface area (Å²) >= 11 is 5.17. The van der Waals surface area contributed by atoms with Crippen LogP contribution >= 0.6 is 27.7 Å². The van der Waals surface area contributed by atoms with Crippen LogP contribution in [0.2, 0.25) is 0 Å². The second kappa shape index (κ2) is 5.74. The molecule has 0 saturated heterocycles. The van der Waals surface area contributed by atoms with Crippen molar-refractivity contribution in [1.29, 1.82) is 5.26 Å². The van der Waals surface area contributed by atoms with E-state index >= 15 is 0 Å². The third-order valence-corrected chi connectivity index (χ3v) is 4.67. The van der Waals surface area contributed by atoms with Crippen molar-refractivity contribution in [3.05, 3.63) is 70.5 Å². The van der Waals surface area contributed by atoms with Crippen LogP contribution in [-0.4, -0.2) is 4.40 Å². The number of rotatable bonds is 3. The first-order valence-corrected chi connectivity index (χ1v) is 7.93. The lowest BCUT2D eigenvalue weighted by Gasteiger charge is -2.00. The lowest BCUT2D eigenvalue weighted by atomic mass is 10.2. The topological polar surface area (TPSA) is 28.2 Å². The number of thioether (sulfide) groups is 1. The number of fused-ring (bicyclic) bond motifs is 1. The van der Waals surface area contributed by atoms with Gasteiger partial charge in [0.05, 0.1) is 11.1 Å². The number of hydrogen-bond acceptors (Lipinski definition) is 2. The summed E-state index contributed by atoms with van der Waals surface area (Å²) in [4.78, 5) is 1.20. The Morgan fingerprint density at radius 3 is 2.70 bits per heavy atom. The molecule has 0 aliphatic rings. The van der Waals surface area contributed by atoms with Gasteiger partial charge in [0.15, 0.2) is 0 Å². The molecular formula is C16H11BrN2S. The highest BCUT2D eigenvalue weighted by Gasteiger charge is 2.10. The summed E-state index contributed by atoms with van der Waals surface area (Å²) < 4.78 is 3.09. The van der Waals surface area contributed by atoms with Crippen molar-refractivity contribution in [2.45, 2.75) is 10.6 Å². The first-order valence-electron chi connectivity index (χ1n) is 6.15. The van der Waals surface area contributed by atoms with E-state index in [1.807, 2.05) is 47.1 Å². The Morgan fingerprint density at radius 2 is 1.95 bits per heavy atom. The van der Waals surface area contributed by atoms with Crippen LogP contribution in [-0.2, 0) is 5.75 Å². The molecule has 0 fully saturated rings. The van der Waals surface area contributed by atoms with E-state index in [0.717, 1.165) is 26.9 Å². The van der Waals surface area contributed by atoms with Gasteiger partial charge in [0.25, 0.3) is 0 Å². The maximum absolute atomic E-state index is 9.36. The van der Waals surface area contributed by atoms with Gasteiger partial charge in [-0.05, 0) is 42.0 Å². The average molecular weight is 343 g/mol. The zero-order valence-corrected chi connectivity index (χ0v) is 13.0. The number of hydrogen-bond donors (Lipinski definition) is 0. The van der Waals surface area contributed by atoms with Crippen molar-refractivity contribution in [1.82, 2.24) is 4.40 Å². The Morgan fingerprint density at radius 1 is 1.15 bits per heavy atom. The van der Waals surface area contributed by atoms with E-state index < -0.39 is 0 Å². The summed E-state index contributed by atoms with van der Waals surface area (Å²) in [5.41, 5.74) is 2.82. The molecule has 3 rings (SSSR count). The molecule has 2 heterocycles. The van der Waals surface area contributed by atoms with Crippen LogP contribution < -0.4 is 0 Å². The molecule has 3 aromatic rings. The minimum atomic E-state index is 0.773. The Hall–Kier alpha value is -1.70. The number of nitriles is 1. The Kier molecular flexibility index (Phi) is 3.81. The van der Waals surface area contributed by atoms with E-state index in [4.69, 9.17) is 0 Å². The Labute approximate surface area is 130 Å². The maximum Gasteiger partial charge on any atom is 0.102 e. The summed E-state index contributed by atoms with van der Waals surface area (Å²) in [6.07, 6.45) is 4.02. The van der Waals surface area contributed by atoms with Crippen LogP contribution in [0.25, 0.3) is 5.52 Å². The van der Waals surface area contributed by atoms with E-state index in [-0.39, 0.29) is 0 Å². The lowest BCUT2D eigenvalue weighted by Crippen LogP contribution is -1.82. The molecule has 0 saturated carbocycles. The van der Waals surface area contributed by atoms with Crippen molar-refractivity contribution < 1.29 is 0 Å². The fourth-order valence-corrected chi connectivity index (χ4v) is 3.24. The van der Waals surface area contributed by atoms with Gasteiger partial charge >= 0.3 is 0 Å². The van der Waals surface area contributed by atoms with Gasteiger partial charge in [-0.25, -0.2) is 0 Å². The smallest absolute Gasteiger partial charge is 0.102 e. The van der Waals surface area contributed by atoms with E-state index in [1.165, 1.54) is 4.90 Å². The largest absolute Gasteiger partial charge is 0.322 e. The third-order valence-electron chi connectivity index (χ3n) is 3.08. The number of benzene rings is 1. The molecular weight excluding hydrogens is 332 g/mol. The minimum Gasteiger partial charge on any atom is -0.322 e. The molecule has 2 nitrogen and oxygen atoms in total. The van der Waals surface area contributed by atoms with Gasteiger partial charge in [-0.2, -0.15) is 5.26 Å². The normalized spacial score (nSPS) is 10.6. The highest BCUT2D eigenvalue weighted by atomic mass is 79.9. The van der Waals surface area contributed by atoms with Crippen molar-refractivity contribution in [2.24, 2.45) is 0 Å². The van der Waals surface area contributed by atoms with Crippen LogP contribution in [0.3, 0.4) is 0 Å². The molecule has 0 atom stereocenters. The summed E-state index contributed by atoms with van der Waals surface area (Å²) in [5, 5.41) is 9.36. The standard InChI is InChI=1S/C16H11BrN2S/c17-13-4-6-14(7-5-13)20-11-12-10-19-8-2-1-3-16(19)15(12)9-18/h1-8,10H,11H2. The molecule has 0 radical (unpaired) electrons. The van der Waals surface area contributed by atoms with Gasteiger partial charge in [0, 0.05) is 27.5 Å². The summed E-state index contributed by atoms with van der Waals surface area (Å²) in [7, 11) is 0. The van der Waals surface area contributed by atoms with Crippen LogP contribution in [0, 0.1) is 11.3 Å². The third kappa shape index (κ3) is 2.60. The van der Waals surface area contributed by atoms with Crippen molar-refractivity contribution in [2.75, 3.05) is 0 Å². The second-order valence-corrected chi connectivity index (χ2v) is 6.34. The predicted octanol–water partition coefficient (Wildman–Crippen LogP) is 4.87. The Bertz CT molecular complexity index is 784. The maximum atomic E-state index is 9.36. The van der Waals surface area contributed by atoms with Crippen LogP contribution in [0.1, 0.15) is 11.1 Å². The monoisotopic (exact) mass is 342 g/mol. The van der Waals surface area contributed by atoms with Crippen LogP contribution in [0.15, 0.2) is 64.2 Å². The van der Waals surface area contributed by atoms with E-state index in [9.17, 15) is 5.26 Å². The minimum absolute atomic E-state index is 0.773. The number of pyridine rings is 1. The molecule has 0 spiro atoms. The van der Waals surface area contributed by atoms with Crippen molar-refractivity contribution in [3.8, 4) is 6.07 Å². The van der Waals surface area contributed by atoms with E-state index in [2.05, 4.69) is 34.1 Å².